The van der Waals surface area contributed by atoms with E-state index in [2.05, 4.69) is 5.32 Å². The minimum absolute atomic E-state index is 0.0117. The lowest BCUT2D eigenvalue weighted by Crippen LogP contribution is -2.41. The van der Waals surface area contributed by atoms with Crippen LogP contribution < -0.4 is 5.32 Å². The summed E-state index contributed by atoms with van der Waals surface area (Å²) in [5.41, 5.74) is 3.76. The standard InChI is InChI=1S/C31H43NO6S2/c1-4-40(36,37)21-25(18-23-11-6-5-7-12-23)38-20-24-14-15-27(28(19-24)26-13-9-8-10-22(26)2)30(33)32-29(31(34)35)16-17-39-3/h8-10,13-15,19,23,25,29H,4-7,11-12,16-18,20-21H2,1-3H3,(H,32,33)(H,34,35)/t25?,29-/m0/s1. The second-order valence-corrected chi connectivity index (χ2v) is 14.1. The van der Waals surface area contributed by atoms with Crippen molar-refractivity contribution in [1.29, 1.82) is 0 Å². The highest BCUT2D eigenvalue weighted by Gasteiger charge is 2.25. The average molecular weight is 590 g/mol. The quantitative estimate of drug-likeness (QED) is 0.267. The molecule has 7 nitrogen and oxygen atoms in total. The number of amides is 1. The highest BCUT2D eigenvalue weighted by Crippen LogP contribution is 2.31. The first-order chi connectivity index (χ1) is 19.1. The molecular formula is C31H43NO6S2. The summed E-state index contributed by atoms with van der Waals surface area (Å²) in [6, 6.07) is 12.2. The second-order valence-electron chi connectivity index (χ2n) is 10.7. The van der Waals surface area contributed by atoms with Crippen molar-refractivity contribution in [3.63, 3.8) is 0 Å². The maximum Gasteiger partial charge on any atom is 0.326 e. The SMILES string of the molecule is CCS(=O)(=O)CC(CC1CCCCC1)OCc1ccc(C(=O)N[C@@H](CCSC)C(=O)O)c(-c2ccccc2C)c1. The van der Waals surface area contributed by atoms with Crippen LogP contribution in [0.4, 0.5) is 0 Å². The Bertz CT molecular complexity index is 1240. The number of benzene rings is 2. The number of hydrogen-bond donors (Lipinski definition) is 2. The number of ether oxygens (including phenoxy) is 1. The number of carbonyl (C=O) groups is 2. The number of rotatable bonds is 15. The molecule has 2 aromatic rings. The predicted molar refractivity (Wildman–Crippen MR) is 163 cm³/mol. The molecule has 0 saturated heterocycles. The van der Waals surface area contributed by atoms with E-state index < -0.39 is 27.8 Å². The zero-order valence-electron chi connectivity index (χ0n) is 23.9. The maximum absolute atomic E-state index is 13.3. The van der Waals surface area contributed by atoms with E-state index in [1.165, 1.54) is 31.0 Å². The monoisotopic (exact) mass is 589 g/mol. The molecule has 9 heteroatoms. The summed E-state index contributed by atoms with van der Waals surface area (Å²) >= 11 is 1.53. The van der Waals surface area contributed by atoms with E-state index in [0.29, 0.717) is 29.2 Å². The number of carbonyl (C=O) groups excluding carboxylic acids is 1. The number of sulfone groups is 1. The Morgan fingerprint density at radius 1 is 1.10 bits per heavy atom. The lowest BCUT2D eigenvalue weighted by Gasteiger charge is -2.27. The number of thioether (sulfide) groups is 1. The molecule has 0 radical (unpaired) electrons. The maximum atomic E-state index is 13.3. The molecule has 0 bridgehead atoms. The van der Waals surface area contributed by atoms with Gasteiger partial charge in [-0.25, -0.2) is 13.2 Å². The number of aliphatic carboxylic acids is 1. The van der Waals surface area contributed by atoms with Gasteiger partial charge in [0.05, 0.1) is 18.5 Å². The molecule has 3 rings (SSSR count). The Kier molecular flexibility index (Phi) is 12.5. The van der Waals surface area contributed by atoms with Crippen LogP contribution in [0.5, 0.6) is 0 Å². The first kappa shape index (κ1) is 32.2. The van der Waals surface area contributed by atoms with Crippen LogP contribution in [0.2, 0.25) is 0 Å². The van der Waals surface area contributed by atoms with Crippen LogP contribution in [0.15, 0.2) is 42.5 Å². The summed E-state index contributed by atoms with van der Waals surface area (Å²) in [7, 11) is -3.20. The molecule has 220 valence electrons. The van der Waals surface area contributed by atoms with Gasteiger partial charge in [0.1, 0.15) is 6.04 Å². The first-order valence-corrected chi connectivity index (χ1v) is 17.4. The second kappa shape index (κ2) is 15.6. The van der Waals surface area contributed by atoms with Gasteiger partial charge in [-0.1, -0.05) is 69.4 Å². The van der Waals surface area contributed by atoms with Crippen molar-refractivity contribution in [3.8, 4) is 11.1 Å². The minimum Gasteiger partial charge on any atom is -0.480 e. The Balaban J connectivity index is 1.87. The number of nitrogens with one attached hydrogen (secondary N) is 1. The van der Waals surface area contributed by atoms with Crippen LogP contribution in [0.25, 0.3) is 11.1 Å². The van der Waals surface area contributed by atoms with Crippen LogP contribution in [0.1, 0.15) is 73.4 Å². The largest absolute Gasteiger partial charge is 0.480 e. The third kappa shape index (κ3) is 9.63. The van der Waals surface area contributed by atoms with Gasteiger partial charge in [0.2, 0.25) is 0 Å². The smallest absolute Gasteiger partial charge is 0.326 e. The third-order valence-corrected chi connectivity index (χ3v) is 10.1. The molecule has 0 heterocycles. The molecule has 1 unspecified atom stereocenters. The fraction of sp³-hybridized carbons (Fsp3) is 0.548. The van der Waals surface area contributed by atoms with E-state index in [1.807, 2.05) is 43.5 Å². The van der Waals surface area contributed by atoms with Gasteiger partial charge >= 0.3 is 5.97 Å². The third-order valence-electron chi connectivity index (χ3n) is 7.66. The molecule has 1 fully saturated rings. The van der Waals surface area contributed by atoms with Gasteiger partial charge in [-0.2, -0.15) is 11.8 Å². The zero-order chi connectivity index (χ0) is 29.1. The van der Waals surface area contributed by atoms with Gasteiger partial charge in [0, 0.05) is 11.3 Å². The van der Waals surface area contributed by atoms with Crippen molar-refractivity contribution in [2.75, 3.05) is 23.5 Å². The lowest BCUT2D eigenvalue weighted by molar-refractivity contribution is -0.139. The summed E-state index contributed by atoms with van der Waals surface area (Å²) in [4.78, 5) is 25.1. The Morgan fingerprint density at radius 2 is 1.82 bits per heavy atom. The zero-order valence-corrected chi connectivity index (χ0v) is 25.5. The number of aryl methyl sites for hydroxylation is 1. The summed E-state index contributed by atoms with van der Waals surface area (Å²) in [6.07, 6.45) is 8.40. The van der Waals surface area contributed by atoms with E-state index in [1.54, 1.807) is 19.1 Å². The van der Waals surface area contributed by atoms with E-state index in [4.69, 9.17) is 4.74 Å². The molecular weight excluding hydrogens is 546 g/mol. The van der Waals surface area contributed by atoms with Gasteiger partial charge < -0.3 is 15.2 Å². The minimum atomic E-state index is -3.20. The van der Waals surface area contributed by atoms with Crippen LogP contribution >= 0.6 is 11.8 Å². The molecule has 0 aliphatic heterocycles. The van der Waals surface area contributed by atoms with Crippen molar-refractivity contribution in [3.05, 3.63) is 59.2 Å². The van der Waals surface area contributed by atoms with Gasteiger partial charge in [-0.15, -0.1) is 0 Å². The molecule has 2 aromatic carbocycles. The van der Waals surface area contributed by atoms with Crippen molar-refractivity contribution >= 4 is 33.5 Å². The molecule has 1 saturated carbocycles. The van der Waals surface area contributed by atoms with Crippen LogP contribution in [-0.4, -0.2) is 61.1 Å². The fourth-order valence-electron chi connectivity index (χ4n) is 5.30. The summed E-state index contributed by atoms with van der Waals surface area (Å²) in [6.45, 7) is 3.86. The van der Waals surface area contributed by atoms with Crippen molar-refractivity contribution in [2.45, 2.75) is 77.5 Å². The molecule has 0 spiro atoms. The molecule has 0 aromatic heterocycles. The summed E-state index contributed by atoms with van der Waals surface area (Å²) in [5.74, 6) is -0.300. The molecule has 1 amide bonds. The van der Waals surface area contributed by atoms with Crippen molar-refractivity contribution < 1.29 is 27.9 Å². The number of hydrogen-bond acceptors (Lipinski definition) is 6. The Morgan fingerprint density at radius 3 is 2.48 bits per heavy atom. The van der Waals surface area contributed by atoms with Gasteiger partial charge in [-0.05, 0) is 72.1 Å². The lowest BCUT2D eigenvalue weighted by atomic mass is 9.85. The normalized spacial score (nSPS) is 15.9. The van der Waals surface area contributed by atoms with Gasteiger partial charge in [0.15, 0.2) is 9.84 Å². The van der Waals surface area contributed by atoms with Crippen molar-refractivity contribution in [1.82, 2.24) is 5.32 Å². The first-order valence-electron chi connectivity index (χ1n) is 14.2. The van der Waals surface area contributed by atoms with Crippen LogP contribution in [-0.2, 0) is 26.0 Å². The van der Waals surface area contributed by atoms with E-state index in [0.717, 1.165) is 36.0 Å². The fourth-order valence-corrected chi connectivity index (χ4v) is 6.81. The molecule has 2 atom stereocenters. The molecule has 1 aliphatic rings. The molecule has 1 aliphatic carbocycles. The topological polar surface area (TPSA) is 110 Å². The summed E-state index contributed by atoms with van der Waals surface area (Å²) in [5, 5.41) is 12.3. The van der Waals surface area contributed by atoms with Gasteiger partial charge in [-0.3, -0.25) is 4.79 Å². The molecule has 2 N–H and O–H groups in total. The van der Waals surface area contributed by atoms with E-state index in [9.17, 15) is 23.1 Å². The van der Waals surface area contributed by atoms with E-state index in [-0.39, 0.29) is 24.2 Å². The summed E-state index contributed by atoms with van der Waals surface area (Å²) < 4.78 is 31.3. The highest BCUT2D eigenvalue weighted by atomic mass is 32.2. The van der Waals surface area contributed by atoms with Crippen molar-refractivity contribution in [2.24, 2.45) is 5.92 Å². The van der Waals surface area contributed by atoms with Crippen LogP contribution in [0, 0.1) is 12.8 Å². The average Bonchev–Trinajstić information content (AvgIpc) is 2.94. The Hall–Kier alpha value is -2.36. The van der Waals surface area contributed by atoms with E-state index >= 15 is 0 Å². The number of carboxylic acids is 1. The number of carboxylic acid groups (broad SMARTS) is 1. The predicted octanol–water partition coefficient (Wildman–Crippen LogP) is 5.89. The van der Waals surface area contributed by atoms with Gasteiger partial charge in [0.25, 0.3) is 5.91 Å². The van der Waals surface area contributed by atoms with Crippen LogP contribution in [0.3, 0.4) is 0 Å². The Labute approximate surface area is 243 Å². The highest BCUT2D eigenvalue weighted by molar-refractivity contribution is 7.98. The molecule has 40 heavy (non-hydrogen) atoms.